The van der Waals surface area contributed by atoms with E-state index >= 15 is 0 Å². The van der Waals surface area contributed by atoms with Gasteiger partial charge in [0, 0.05) is 5.92 Å². The Hall–Kier alpha value is -0.410. The summed E-state index contributed by atoms with van der Waals surface area (Å²) in [4.78, 5) is 12.3. The molecule has 0 aromatic rings. The predicted octanol–water partition coefficient (Wildman–Crippen LogP) is 3.57. The highest BCUT2D eigenvalue weighted by Gasteiger charge is 2.58. The maximum Gasteiger partial charge on any atom is 0.161 e. The Morgan fingerprint density at radius 1 is 0.958 bits per heavy atom. The summed E-state index contributed by atoms with van der Waals surface area (Å²) in [6.45, 7) is 4.09. The molecule has 0 amide bonds. The molecule has 4 aliphatic carbocycles. The predicted molar refractivity (Wildman–Crippen MR) is 93.3 cm³/mol. The van der Waals surface area contributed by atoms with Gasteiger partial charge in [-0.15, -0.1) is 0 Å². The lowest BCUT2D eigenvalue weighted by atomic mass is 9.49. The van der Waals surface area contributed by atoms with E-state index in [2.05, 4.69) is 6.92 Å². The van der Waals surface area contributed by atoms with Crippen molar-refractivity contribution >= 4 is 5.78 Å². The van der Waals surface area contributed by atoms with Crippen molar-refractivity contribution in [3.05, 3.63) is 0 Å². The highest BCUT2D eigenvalue weighted by Crippen LogP contribution is 2.64. The Bertz CT molecular complexity index is 513. The molecule has 0 unspecified atom stereocenters. The zero-order chi connectivity index (χ0) is 17.1. The third-order valence-electron chi connectivity index (χ3n) is 8.78. The van der Waals surface area contributed by atoms with E-state index in [0.29, 0.717) is 5.92 Å². The van der Waals surface area contributed by atoms with E-state index in [1.54, 1.807) is 0 Å². The minimum Gasteiger partial charge on any atom is -0.390 e. The summed E-state index contributed by atoms with van der Waals surface area (Å²) in [5.74, 6) is 3.99. The van der Waals surface area contributed by atoms with Crippen LogP contribution in [0.25, 0.3) is 0 Å². The molecule has 4 fully saturated rings. The van der Waals surface area contributed by atoms with Gasteiger partial charge in [0.2, 0.25) is 0 Å². The van der Waals surface area contributed by atoms with Gasteiger partial charge in [-0.1, -0.05) is 6.92 Å². The second kappa shape index (κ2) is 5.81. The summed E-state index contributed by atoms with van der Waals surface area (Å²) in [6.07, 6.45) is 10.3. The minimum absolute atomic E-state index is 0.0841. The average Bonchev–Trinajstić information content (AvgIpc) is 2.90. The largest absolute Gasteiger partial charge is 0.390 e. The highest BCUT2D eigenvalue weighted by atomic mass is 16.3. The molecule has 0 heterocycles. The van der Waals surface area contributed by atoms with Gasteiger partial charge >= 0.3 is 0 Å². The lowest BCUT2D eigenvalue weighted by Crippen LogP contribution is -2.51. The maximum atomic E-state index is 12.3. The van der Waals surface area contributed by atoms with E-state index in [1.165, 1.54) is 32.1 Å². The normalized spacial score (nSPS) is 53.8. The summed E-state index contributed by atoms with van der Waals surface area (Å²) in [7, 11) is 0. The van der Waals surface area contributed by atoms with Gasteiger partial charge in [-0.05, 0) is 99.7 Å². The van der Waals surface area contributed by atoms with Crippen molar-refractivity contribution < 1.29 is 15.0 Å². The first-order valence-corrected chi connectivity index (χ1v) is 10.2. The molecule has 3 heteroatoms. The quantitative estimate of drug-likeness (QED) is 0.812. The van der Waals surface area contributed by atoms with Crippen molar-refractivity contribution in [1.29, 1.82) is 0 Å². The Morgan fingerprint density at radius 2 is 1.71 bits per heavy atom. The van der Waals surface area contributed by atoms with Crippen LogP contribution in [-0.4, -0.2) is 28.2 Å². The molecule has 24 heavy (non-hydrogen) atoms. The second-order valence-corrected chi connectivity index (χ2v) is 9.97. The van der Waals surface area contributed by atoms with Crippen LogP contribution in [0.2, 0.25) is 0 Å². The van der Waals surface area contributed by atoms with Crippen LogP contribution < -0.4 is 0 Å². The van der Waals surface area contributed by atoms with E-state index in [9.17, 15) is 15.0 Å². The molecule has 0 aromatic carbocycles. The van der Waals surface area contributed by atoms with Crippen molar-refractivity contribution in [1.82, 2.24) is 0 Å². The molecule has 8 atom stereocenters. The second-order valence-electron chi connectivity index (χ2n) is 9.97. The van der Waals surface area contributed by atoms with E-state index < -0.39 is 5.60 Å². The fraction of sp³-hybridized carbons (Fsp3) is 0.952. The molecule has 4 rings (SSSR count). The molecule has 4 saturated carbocycles. The van der Waals surface area contributed by atoms with Gasteiger partial charge in [0.15, 0.2) is 5.78 Å². The number of aliphatic hydroxyl groups is 2. The number of carbonyl (C=O) groups excluding carboxylic acids is 1. The van der Waals surface area contributed by atoms with Crippen LogP contribution in [0.5, 0.6) is 0 Å². The van der Waals surface area contributed by atoms with Crippen molar-refractivity contribution in [2.45, 2.75) is 77.2 Å². The fourth-order valence-electron chi connectivity index (χ4n) is 7.72. The van der Waals surface area contributed by atoms with Gasteiger partial charge in [-0.2, -0.15) is 0 Å². The Labute approximate surface area is 146 Å². The molecule has 3 nitrogen and oxygen atoms in total. The zero-order valence-electron chi connectivity index (χ0n) is 15.3. The van der Waals surface area contributed by atoms with E-state index in [1.807, 2.05) is 6.92 Å². The number of rotatable bonds is 2. The molecule has 0 saturated heterocycles. The summed E-state index contributed by atoms with van der Waals surface area (Å²) in [6, 6.07) is 0. The summed E-state index contributed by atoms with van der Waals surface area (Å²) < 4.78 is 0. The molecule has 0 bridgehead atoms. The number of Topliss-reactive ketones (excluding diaryl/α,β-unsaturated/α-hetero) is 1. The number of fused-ring (bicyclic) bond motifs is 5. The molecular formula is C21H34O3. The molecule has 2 N–H and O–H groups in total. The third-order valence-corrected chi connectivity index (χ3v) is 8.78. The van der Waals surface area contributed by atoms with Crippen LogP contribution in [0.15, 0.2) is 0 Å². The highest BCUT2D eigenvalue weighted by molar-refractivity contribution is 5.83. The monoisotopic (exact) mass is 334 g/mol. The zero-order valence-corrected chi connectivity index (χ0v) is 15.3. The first kappa shape index (κ1) is 17.0. The van der Waals surface area contributed by atoms with Crippen molar-refractivity contribution in [3.63, 3.8) is 0 Å². The van der Waals surface area contributed by atoms with Gasteiger partial charge in [0.1, 0.15) is 6.61 Å². The summed E-state index contributed by atoms with van der Waals surface area (Å²) in [5.41, 5.74) is -0.308. The number of aliphatic hydroxyl groups excluding tert-OH is 1. The van der Waals surface area contributed by atoms with Gasteiger partial charge in [0.05, 0.1) is 5.60 Å². The van der Waals surface area contributed by atoms with Crippen LogP contribution in [0, 0.1) is 40.9 Å². The van der Waals surface area contributed by atoms with Crippen molar-refractivity contribution in [2.75, 3.05) is 6.61 Å². The van der Waals surface area contributed by atoms with Crippen LogP contribution in [0.4, 0.5) is 0 Å². The van der Waals surface area contributed by atoms with E-state index in [4.69, 9.17) is 0 Å². The Kier molecular flexibility index (Phi) is 4.12. The third kappa shape index (κ3) is 2.49. The van der Waals surface area contributed by atoms with Gasteiger partial charge < -0.3 is 10.2 Å². The molecule has 4 aliphatic rings. The summed E-state index contributed by atoms with van der Waals surface area (Å²) >= 11 is 0. The molecular weight excluding hydrogens is 300 g/mol. The van der Waals surface area contributed by atoms with E-state index in [-0.39, 0.29) is 23.7 Å². The van der Waals surface area contributed by atoms with Crippen LogP contribution in [-0.2, 0) is 4.79 Å². The lowest BCUT2D eigenvalue weighted by molar-refractivity contribution is -0.134. The standard InChI is InChI=1S/C21H34O3/c1-20(24)9-7-14-13(11-20)3-4-16-15(14)8-10-21(2)17(16)5-6-18(21)19(23)12-22/h13-18,22,24H,3-12H2,1-2H3/t13-,14-,15+,16+,17-,18+,20+,21-/m0/s1. The van der Waals surface area contributed by atoms with Crippen molar-refractivity contribution in [2.24, 2.45) is 40.9 Å². The SMILES string of the molecule is C[C@@]1(O)CC[C@H]2[C@@H](CC[C@@H]3[C@@H]2CC[C@]2(C)[C@@H](C(=O)CO)CC[C@@H]32)C1. The molecule has 0 aliphatic heterocycles. The number of carbonyl (C=O) groups is 1. The molecule has 0 aromatic heterocycles. The maximum absolute atomic E-state index is 12.3. The molecule has 0 spiro atoms. The number of hydrogen-bond acceptors (Lipinski definition) is 3. The van der Waals surface area contributed by atoms with Crippen molar-refractivity contribution in [3.8, 4) is 0 Å². The average molecular weight is 335 g/mol. The number of hydrogen-bond donors (Lipinski definition) is 2. The lowest BCUT2D eigenvalue weighted by Gasteiger charge is -2.56. The fourth-order valence-corrected chi connectivity index (χ4v) is 7.72. The molecule has 136 valence electrons. The number of ketones is 1. The minimum atomic E-state index is -0.441. The van der Waals surface area contributed by atoms with Gasteiger partial charge in [0.25, 0.3) is 0 Å². The first-order valence-electron chi connectivity index (χ1n) is 10.2. The molecule has 0 radical (unpaired) electrons. The van der Waals surface area contributed by atoms with Gasteiger partial charge in [-0.25, -0.2) is 0 Å². The topological polar surface area (TPSA) is 57.5 Å². The summed E-state index contributed by atoms with van der Waals surface area (Å²) in [5, 5.41) is 19.8. The van der Waals surface area contributed by atoms with Gasteiger partial charge in [-0.3, -0.25) is 4.79 Å². The smallest absolute Gasteiger partial charge is 0.161 e. The Balaban J connectivity index is 1.54. The first-order chi connectivity index (χ1) is 11.4. The van der Waals surface area contributed by atoms with E-state index in [0.717, 1.165) is 49.4 Å². The van der Waals surface area contributed by atoms with Crippen LogP contribution >= 0.6 is 0 Å². The van der Waals surface area contributed by atoms with Crippen LogP contribution in [0.1, 0.15) is 71.6 Å². The Morgan fingerprint density at radius 3 is 2.46 bits per heavy atom. The van der Waals surface area contributed by atoms with Crippen LogP contribution in [0.3, 0.4) is 0 Å².